The van der Waals surface area contributed by atoms with Crippen LogP contribution >= 0.6 is 11.6 Å². The lowest BCUT2D eigenvalue weighted by atomic mass is 10.3. The lowest BCUT2D eigenvalue weighted by Crippen LogP contribution is -2.34. The Bertz CT molecular complexity index is 661. The summed E-state index contributed by atoms with van der Waals surface area (Å²) in [6.07, 6.45) is 2.39. The molecule has 1 aliphatic heterocycles. The van der Waals surface area contributed by atoms with Crippen molar-refractivity contribution in [2.24, 2.45) is 0 Å². The van der Waals surface area contributed by atoms with Crippen LogP contribution < -0.4 is 9.47 Å². The van der Waals surface area contributed by atoms with E-state index in [-0.39, 0.29) is 35.7 Å². The maximum atomic E-state index is 10.6. The molecule has 1 atom stereocenters. The van der Waals surface area contributed by atoms with Crippen molar-refractivity contribution >= 4 is 17.4 Å². The summed E-state index contributed by atoms with van der Waals surface area (Å²) in [5.41, 5.74) is 0. The molecule has 0 amide bonds. The van der Waals surface area contributed by atoms with Gasteiger partial charge in [0.05, 0.1) is 6.54 Å². The highest BCUT2D eigenvalue weighted by Gasteiger charge is 2.29. The molecular weight excluding hydrogens is 290 g/mol. The normalized spacial score (nSPS) is 17.1. The number of halogens is 1. The molecular formula is C10H8ClN5O4. The number of hydrogen-bond acceptors (Lipinski definition) is 7. The maximum absolute atomic E-state index is 10.6. The largest absolute Gasteiger partial charge is 0.455 e. The molecule has 20 heavy (non-hydrogen) atoms. The Morgan fingerprint density at radius 2 is 2.40 bits per heavy atom. The Kier molecular flexibility index (Phi) is 3.11. The van der Waals surface area contributed by atoms with Crippen LogP contribution in [0, 0.1) is 10.1 Å². The van der Waals surface area contributed by atoms with Crippen LogP contribution in [-0.4, -0.2) is 37.2 Å². The smallest absolute Gasteiger partial charge is 0.414 e. The number of imidazole rings is 1. The van der Waals surface area contributed by atoms with E-state index in [2.05, 4.69) is 15.0 Å². The molecule has 0 aromatic carbocycles. The van der Waals surface area contributed by atoms with E-state index >= 15 is 0 Å². The maximum Gasteiger partial charge on any atom is 0.414 e. The zero-order chi connectivity index (χ0) is 14.1. The molecule has 0 aliphatic carbocycles. The first kappa shape index (κ1) is 12.6. The molecule has 3 heterocycles. The van der Waals surface area contributed by atoms with Gasteiger partial charge >= 0.3 is 17.8 Å². The molecule has 2 aromatic rings. The molecule has 0 radical (unpaired) electrons. The third kappa shape index (κ3) is 2.48. The summed E-state index contributed by atoms with van der Waals surface area (Å²) in [6, 6.07) is 1.86. The number of rotatable bonds is 3. The lowest BCUT2D eigenvalue weighted by molar-refractivity contribution is -0.389. The fraction of sp³-hybridized carbons (Fsp3) is 0.300. The summed E-state index contributed by atoms with van der Waals surface area (Å²) in [7, 11) is 0. The molecule has 0 unspecified atom stereocenters. The van der Waals surface area contributed by atoms with Gasteiger partial charge in [0.15, 0.2) is 6.10 Å². The van der Waals surface area contributed by atoms with Gasteiger partial charge in [0, 0.05) is 11.2 Å². The van der Waals surface area contributed by atoms with Gasteiger partial charge < -0.3 is 19.6 Å². The topological polar surface area (TPSA) is 105 Å². The van der Waals surface area contributed by atoms with Gasteiger partial charge in [-0.3, -0.25) is 4.57 Å². The lowest BCUT2D eigenvalue weighted by Gasteiger charge is -2.21. The second kappa shape index (κ2) is 4.93. The van der Waals surface area contributed by atoms with Gasteiger partial charge in [-0.1, -0.05) is 11.6 Å². The SMILES string of the molecule is O=[N+]([O-])c1cn2c(n1)OC[C@@H](Oc1nccc(Cl)n1)C2. The van der Waals surface area contributed by atoms with Crippen molar-refractivity contribution in [3.63, 3.8) is 0 Å². The molecule has 0 N–H and O–H groups in total. The monoisotopic (exact) mass is 297 g/mol. The van der Waals surface area contributed by atoms with Gasteiger partial charge in [-0.2, -0.15) is 4.98 Å². The van der Waals surface area contributed by atoms with Crippen molar-refractivity contribution < 1.29 is 14.4 Å². The summed E-state index contributed by atoms with van der Waals surface area (Å²) in [6.45, 7) is 0.552. The number of ether oxygens (including phenoxy) is 2. The average Bonchev–Trinajstić information content (AvgIpc) is 2.82. The van der Waals surface area contributed by atoms with Gasteiger partial charge in [0.25, 0.3) is 0 Å². The first-order valence-corrected chi connectivity index (χ1v) is 5.99. The van der Waals surface area contributed by atoms with Crippen LogP contribution in [0.15, 0.2) is 18.5 Å². The Morgan fingerprint density at radius 1 is 1.55 bits per heavy atom. The second-order valence-electron chi connectivity index (χ2n) is 4.00. The van der Waals surface area contributed by atoms with Crippen molar-refractivity contribution in [1.29, 1.82) is 0 Å². The molecule has 2 aromatic heterocycles. The van der Waals surface area contributed by atoms with Crippen LogP contribution in [0.4, 0.5) is 5.82 Å². The highest BCUT2D eigenvalue weighted by atomic mass is 35.5. The second-order valence-corrected chi connectivity index (χ2v) is 4.39. The quantitative estimate of drug-likeness (QED) is 0.474. The van der Waals surface area contributed by atoms with Crippen molar-refractivity contribution in [2.45, 2.75) is 12.6 Å². The number of nitro groups is 1. The number of nitrogens with zero attached hydrogens (tertiary/aromatic N) is 5. The minimum absolute atomic E-state index is 0.129. The van der Waals surface area contributed by atoms with Crippen LogP contribution in [0.3, 0.4) is 0 Å². The molecule has 1 aliphatic rings. The summed E-state index contributed by atoms with van der Waals surface area (Å²) < 4.78 is 12.3. The van der Waals surface area contributed by atoms with E-state index in [4.69, 9.17) is 21.1 Å². The predicted molar refractivity (Wildman–Crippen MR) is 65.8 cm³/mol. The van der Waals surface area contributed by atoms with Gasteiger partial charge in [-0.25, -0.2) is 4.98 Å². The highest BCUT2D eigenvalue weighted by Crippen LogP contribution is 2.22. The first-order chi connectivity index (χ1) is 9.61. The van der Waals surface area contributed by atoms with Crippen LogP contribution in [-0.2, 0) is 6.54 Å². The van der Waals surface area contributed by atoms with Gasteiger partial charge in [-0.15, -0.1) is 0 Å². The highest BCUT2D eigenvalue weighted by molar-refractivity contribution is 6.29. The molecule has 9 nitrogen and oxygen atoms in total. The summed E-state index contributed by atoms with van der Waals surface area (Å²) in [5.74, 6) is -0.264. The summed E-state index contributed by atoms with van der Waals surface area (Å²) in [4.78, 5) is 21.6. The van der Waals surface area contributed by atoms with Gasteiger partial charge in [0.1, 0.15) is 18.0 Å². The predicted octanol–water partition coefficient (Wildman–Crippen LogP) is 1.07. The third-order valence-electron chi connectivity index (χ3n) is 2.58. The number of aromatic nitrogens is 4. The van der Waals surface area contributed by atoms with Gasteiger partial charge in [-0.05, 0) is 11.0 Å². The number of hydrogen-bond donors (Lipinski definition) is 0. The Balaban J connectivity index is 1.73. The van der Waals surface area contributed by atoms with Crippen LogP contribution in [0.5, 0.6) is 12.0 Å². The van der Waals surface area contributed by atoms with E-state index in [9.17, 15) is 10.1 Å². The Morgan fingerprint density at radius 3 is 3.15 bits per heavy atom. The zero-order valence-corrected chi connectivity index (χ0v) is 10.7. The summed E-state index contributed by atoms with van der Waals surface area (Å²) >= 11 is 5.73. The minimum Gasteiger partial charge on any atom is -0.455 e. The molecule has 0 saturated heterocycles. The molecule has 10 heteroatoms. The Labute approximate surface area is 117 Å². The van der Waals surface area contributed by atoms with E-state index in [1.165, 1.54) is 23.0 Å². The van der Waals surface area contributed by atoms with Crippen molar-refractivity contribution in [3.05, 3.63) is 33.7 Å². The molecule has 3 rings (SSSR count). The fourth-order valence-corrected chi connectivity index (χ4v) is 1.89. The first-order valence-electron chi connectivity index (χ1n) is 5.61. The third-order valence-corrected chi connectivity index (χ3v) is 2.79. The fourth-order valence-electron chi connectivity index (χ4n) is 1.76. The van der Waals surface area contributed by atoms with Crippen LogP contribution in [0.2, 0.25) is 5.15 Å². The van der Waals surface area contributed by atoms with E-state index in [1.807, 2.05) is 0 Å². The average molecular weight is 298 g/mol. The van der Waals surface area contributed by atoms with Crippen LogP contribution in [0.1, 0.15) is 0 Å². The molecule has 0 saturated carbocycles. The van der Waals surface area contributed by atoms with Crippen molar-refractivity contribution in [1.82, 2.24) is 19.5 Å². The van der Waals surface area contributed by atoms with E-state index in [1.54, 1.807) is 0 Å². The van der Waals surface area contributed by atoms with E-state index in [0.29, 0.717) is 6.54 Å². The molecule has 0 spiro atoms. The minimum atomic E-state index is -0.579. The van der Waals surface area contributed by atoms with Crippen molar-refractivity contribution in [2.75, 3.05) is 6.61 Å². The summed E-state index contributed by atoms with van der Waals surface area (Å²) in [5, 5.41) is 10.9. The van der Waals surface area contributed by atoms with Crippen molar-refractivity contribution in [3.8, 4) is 12.0 Å². The van der Waals surface area contributed by atoms with E-state index in [0.717, 1.165) is 0 Å². The standard InChI is InChI=1S/C10H8ClN5O4/c11-7-1-2-12-9(13-7)20-6-3-15-4-8(16(17)18)14-10(15)19-5-6/h1-2,4,6H,3,5H2/t6-/m0/s1. The van der Waals surface area contributed by atoms with Gasteiger partial charge in [0.2, 0.25) is 0 Å². The number of fused-ring (bicyclic) bond motifs is 1. The zero-order valence-electron chi connectivity index (χ0n) is 9.97. The van der Waals surface area contributed by atoms with E-state index < -0.39 is 4.92 Å². The molecule has 0 bridgehead atoms. The van der Waals surface area contributed by atoms with Crippen LogP contribution in [0.25, 0.3) is 0 Å². The molecule has 0 fully saturated rings. The Hall–Kier alpha value is -2.42. The molecule has 104 valence electrons.